The first kappa shape index (κ1) is 16.2. The van der Waals surface area contributed by atoms with E-state index in [2.05, 4.69) is 15.7 Å². The summed E-state index contributed by atoms with van der Waals surface area (Å²) in [6.45, 7) is -0.390. The summed E-state index contributed by atoms with van der Waals surface area (Å²) in [5, 5.41) is 12.0. The molecular formula is C16H14ClFN4O2. The standard InChI is InChI=1S/C16H14ClFN4O2/c17-11-6-5-10(7-12(11)18)14(8-23)20-16(24)21-22-9-19-13-3-1-2-4-15(13)22/h1-7,9,14,23H,8H2,(H2,20,21,24). The van der Waals surface area contributed by atoms with Gasteiger partial charge >= 0.3 is 6.03 Å². The van der Waals surface area contributed by atoms with Gasteiger partial charge < -0.3 is 10.4 Å². The number of aliphatic hydroxyl groups excluding tert-OH is 1. The summed E-state index contributed by atoms with van der Waals surface area (Å²) in [6.07, 6.45) is 1.47. The average molecular weight is 349 g/mol. The quantitative estimate of drug-likeness (QED) is 0.678. The fraction of sp³-hybridized carbons (Fsp3) is 0.125. The molecule has 1 heterocycles. The van der Waals surface area contributed by atoms with Crippen LogP contribution in [0.3, 0.4) is 0 Å². The fourth-order valence-electron chi connectivity index (χ4n) is 2.31. The second-order valence-electron chi connectivity index (χ2n) is 5.10. The van der Waals surface area contributed by atoms with E-state index in [-0.39, 0.29) is 11.6 Å². The molecule has 2 aromatic carbocycles. The highest BCUT2D eigenvalue weighted by atomic mass is 35.5. The molecule has 3 aromatic rings. The molecule has 2 amide bonds. The molecule has 3 rings (SSSR count). The Hall–Kier alpha value is -2.64. The number of aliphatic hydroxyl groups is 1. The third-order valence-electron chi connectivity index (χ3n) is 3.51. The minimum Gasteiger partial charge on any atom is -0.394 e. The lowest BCUT2D eigenvalue weighted by atomic mass is 10.1. The van der Waals surface area contributed by atoms with Crippen LogP contribution in [0.25, 0.3) is 11.0 Å². The monoisotopic (exact) mass is 348 g/mol. The zero-order valence-electron chi connectivity index (χ0n) is 12.4. The summed E-state index contributed by atoms with van der Waals surface area (Å²) in [5.41, 5.74) is 4.47. The van der Waals surface area contributed by atoms with E-state index in [0.717, 1.165) is 11.0 Å². The van der Waals surface area contributed by atoms with E-state index in [1.807, 2.05) is 18.2 Å². The Balaban J connectivity index is 1.73. The van der Waals surface area contributed by atoms with Crippen molar-refractivity contribution >= 4 is 28.7 Å². The molecule has 1 aromatic heterocycles. The number of benzene rings is 2. The van der Waals surface area contributed by atoms with Crippen molar-refractivity contribution in [2.45, 2.75) is 6.04 Å². The molecule has 124 valence electrons. The Labute approximate surface area is 141 Å². The molecule has 0 saturated carbocycles. The Morgan fingerprint density at radius 2 is 2.12 bits per heavy atom. The summed E-state index contributed by atoms with van der Waals surface area (Å²) < 4.78 is 15.0. The van der Waals surface area contributed by atoms with Gasteiger partial charge in [0.25, 0.3) is 0 Å². The number of nitrogens with one attached hydrogen (secondary N) is 2. The first-order valence-corrected chi connectivity index (χ1v) is 7.51. The minimum atomic E-state index is -0.772. The molecule has 0 aliphatic carbocycles. The number of aromatic nitrogens is 2. The Morgan fingerprint density at radius 1 is 1.33 bits per heavy atom. The van der Waals surface area contributed by atoms with Gasteiger partial charge in [-0.05, 0) is 29.8 Å². The van der Waals surface area contributed by atoms with Crippen molar-refractivity contribution < 1.29 is 14.3 Å². The van der Waals surface area contributed by atoms with Crippen LogP contribution in [-0.2, 0) is 0 Å². The van der Waals surface area contributed by atoms with Gasteiger partial charge in [-0.2, -0.15) is 0 Å². The maximum Gasteiger partial charge on any atom is 0.334 e. The molecule has 6 nitrogen and oxygen atoms in total. The molecule has 0 aliphatic rings. The largest absolute Gasteiger partial charge is 0.394 e. The van der Waals surface area contributed by atoms with E-state index in [9.17, 15) is 14.3 Å². The third kappa shape index (κ3) is 3.32. The van der Waals surface area contributed by atoms with E-state index in [4.69, 9.17) is 11.6 Å². The van der Waals surface area contributed by atoms with E-state index in [0.29, 0.717) is 5.56 Å². The van der Waals surface area contributed by atoms with Gasteiger partial charge in [0.05, 0.1) is 28.7 Å². The van der Waals surface area contributed by atoms with Crippen molar-refractivity contribution in [3.8, 4) is 0 Å². The van der Waals surface area contributed by atoms with Crippen LogP contribution in [0.5, 0.6) is 0 Å². The number of hydrogen-bond acceptors (Lipinski definition) is 3. The van der Waals surface area contributed by atoms with Crippen LogP contribution < -0.4 is 10.7 Å². The SMILES string of the molecule is O=C(NC(CO)c1ccc(Cl)c(F)c1)Nn1cnc2ccccc21. The molecular weight excluding hydrogens is 335 g/mol. The first-order chi connectivity index (χ1) is 11.6. The number of urea groups is 1. The molecule has 3 N–H and O–H groups in total. The number of carbonyl (C=O) groups excluding carboxylic acids is 1. The lowest BCUT2D eigenvalue weighted by molar-refractivity contribution is 0.223. The summed E-state index contributed by atoms with van der Waals surface area (Å²) >= 11 is 5.64. The molecule has 1 unspecified atom stereocenters. The molecule has 0 fully saturated rings. The lowest BCUT2D eigenvalue weighted by Gasteiger charge is -2.18. The molecule has 0 aliphatic heterocycles. The maximum atomic E-state index is 13.5. The Morgan fingerprint density at radius 3 is 2.88 bits per heavy atom. The van der Waals surface area contributed by atoms with Gasteiger partial charge in [-0.1, -0.05) is 29.8 Å². The van der Waals surface area contributed by atoms with Gasteiger partial charge in [0, 0.05) is 0 Å². The van der Waals surface area contributed by atoms with E-state index in [1.165, 1.54) is 23.1 Å². The number of rotatable bonds is 4. The lowest BCUT2D eigenvalue weighted by Crippen LogP contribution is -2.37. The number of amides is 2. The van der Waals surface area contributed by atoms with E-state index >= 15 is 0 Å². The summed E-state index contributed by atoms with van der Waals surface area (Å²) in [7, 11) is 0. The van der Waals surface area contributed by atoms with Crippen molar-refractivity contribution in [2.75, 3.05) is 12.0 Å². The fourth-order valence-corrected chi connectivity index (χ4v) is 2.43. The predicted molar refractivity (Wildman–Crippen MR) is 88.9 cm³/mol. The summed E-state index contributed by atoms with van der Waals surface area (Å²) in [6, 6.07) is 10.1. The van der Waals surface area contributed by atoms with Crippen LogP contribution in [0, 0.1) is 5.82 Å². The van der Waals surface area contributed by atoms with Gasteiger partial charge in [-0.15, -0.1) is 0 Å². The van der Waals surface area contributed by atoms with Crippen molar-refractivity contribution in [3.63, 3.8) is 0 Å². The predicted octanol–water partition coefficient (Wildman–Crippen LogP) is 2.82. The smallest absolute Gasteiger partial charge is 0.334 e. The van der Waals surface area contributed by atoms with Gasteiger partial charge in [0.15, 0.2) is 0 Å². The molecule has 24 heavy (non-hydrogen) atoms. The van der Waals surface area contributed by atoms with Crippen molar-refractivity contribution in [3.05, 3.63) is 65.2 Å². The Bertz CT molecular complexity index is 883. The van der Waals surface area contributed by atoms with Crippen LogP contribution in [-0.4, -0.2) is 27.4 Å². The number of hydrogen-bond donors (Lipinski definition) is 3. The highest BCUT2D eigenvalue weighted by molar-refractivity contribution is 6.30. The van der Waals surface area contributed by atoms with Gasteiger partial charge in [0.2, 0.25) is 0 Å². The van der Waals surface area contributed by atoms with E-state index < -0.39 is 17.9 Å². The van der Waals surface area contributed by atoms with Crippen LogP contribution >= 0.6 is 11.6 Å². The third-order valence-corrected chi connectivity index (χ3v) is 3.82. The molecule has 0 saturated heterocycles. The number of halogens is 2. The second kappa shape index (κ2) is 6.86. The molecule has 0 bridgehead atoms. The van der Waals surface area contributed by atoms with E-state index in [1.54, 1.807) is 12.1 Å². The Kier molecular flexibility index (Phi) is 4.64. The average Bonchev–Trinajstić information content (AvgIpc) is 2.98. The number of carbonyl (C=O) groups is 1. The van der Waals surface area contributed by atoms with Crippen LogP contribution in [0.15, 0.2) is 48.8 Å². The summed E-state index contributed by atoms with van der Waals surface area (Å²) in [5.74, 6) is -0.615. The zero-order chi connectivity index (χ0) is 17.1. The summed E-state index contributed by atoms with van der Waals surface area (Å²) in [4.78, 5) is 16.3. The van der Waals surface area contributed by atoms with Crippen LogP contribution in [0.2, 0.25) is 5.02 Å². The number of para-hydroxylation sites is 2. The number of fused-ring (bicyclic) bond motifs is 1. The van der Waals surface area contributed by atoms with Crippen molar-refractivity contribution in [1.29, 1.82) is 0 Å². The van der Waals surface area contributed by atoms with Gasteiger partial charge in [-0.25, -0.2) is 24.3 Å². The topological polar surface area (TPSA) is 79.2 Å². The van der Waals surface area contributed by atoms with Gasteiger partial charge in [-0.3, -0.25) is 0 Å². The minimum absolute atomic E-state index is 0.0234. The zero-order valence-corrected chi connectivity index (χ0v) is 13.2. The molecule has 8 heteroatoms. The highest BCUT2D eigenvalue weighted by Crippen LogP contribution is 2.20. The van der Waals surface area contributed by atoms with Gasteiger partial charge in [0.1, 0.15) is 12.1 Å². The normalized spacial score (nSPS) is 12.1. The van der Waals surface area contributed by atoms with Crippen molar-refractivity contribution in [2.24, 2.45) is 0 Å². The highest BCUT2D eigenvalue weighted by Gasteiger charge is 2.16. The molecule has 0 radical (unpaired) electrons. The second-order valence-corrected chi connectivity index (χ2v) is 5.50. The van der Waals surface area contributed by atoms with Crippen LogP contribution in [0.1, 0.15) is 11.6 Å². The number of nitrogens with zero attached hydrogens (tertiary/aromatic N) is 2. The van der Waals surface area contributed by atoms with Crippen LogP contribution in [0.4, 0.5) is 9.18 Å². The molecule has 1 atom stereocenters. The first-order valence-electron chi connectivity index (χ1n) is 7.14. The number of imidazole rings is 1. The maximum absolute atomic E-state index is 13.5. The van der Waals surface area contributed by atoms with Crippen molar-refractivity contribution in [1.82, 2.24) is 15.0 Å². The molecule has 0 spiro atoms.